The van der Waals surface area contributed by atoms with Crippen LogP contribution >= 0.6 is 0 Å². The quantitative estimate of drug-likeness (QED) is 0.639. The molecule has 0 saturated heterocycles. The molecule has 5 heteroatoms. The number of rotatable bonds is 10. The molecule has 2 N–H and O–H groups in total. The number of unbranched alkanes of at least 4 members (excludes halogenated alkanes) is 5. The van der Waals surface area contributed by atoms with Crippen LogP contribution in [0, 0.1) is 0 Å². The summed E-state index contributed by atoms with van der Waals surface area (Å²) < 4.78 is 1.64. The molecule has 0 radical (unpaired) electrons. The third kappa shape index (κ3) is 6.84. The van der Waals surface area contributed by atoms with Gasteiger partial charge in [0.2, 0.25) is 5.91 Å². The summed E-state index contributed by atoms with van der Waals surface area (Å²) in [5.41, 5.74) is 0.984. The molecule has 0 spiro atoms. The van der Waals surface area contributed by atoms with Crippen molar-refractivity contribution in [1.82, 2.24) is 15.1 Å². The molecule has 0 aliphatic carbocycles. The van der Waals surface area contributed by atoms with E-state index in [-0.39, 0.29) is 12.5 Å². The van der Waals surface area contributed by atoms with Crippen LogP contribution in [0.1, 0.15) is 45.4 Å². The van der Waals surface area contributed by atoms with Crippen LogP contribution in [0.2, 0.25) is 0 Å². The van der Waals surface area contributed by atoms with Gasteiger partial charge in [0.05, 0.1) is 11.9 Å². The summed E-state index contributed by atoms with van der Waals surface area (Å²) in [4.78, 5) is 11.2. The minimum Gasteiger partial charge on any atom is -0.383 e. The predicted octanol–water partition coefficient (Wildman–Crippen LogP) is 2.40. The highest BCUT2D eigenvalue weighted by Gasteiger charge is 2.02. The molecule has 0 atom stereocenters. The SMILES string of the molecule is CCCCCCCCNc1cnn(CC(=O)NC)c1. The van der Waals surface area contributed by atoms with Crippen LogP contribution in [-0.4, -0.2) is 29.3 Å². The monoisotopic (exact) mass is 266 g/mol. The fourth-order valence-electron chi connectivity index (χ4n) is 1.91. The molecular weight excluding hydrogens is 240 g/mol. The fourth-order valence-corrected chi connectivity index (χ4v) is 1.91. The lowest BCUT2D eigenvalue weighted by Gasteiger charge is -2.03. The largest absolute Gasteiger partial charge is 0.383 e. The van der Waals surface area contributed by atoms with Crippen LogP contribution in [0.3, 0.4) is 0 Å². The van der Waals surface area contributed by atoms with Gasteiger partial charge in [-0.3, -0.25) is 9.48 Å². The van der Waals surface area contributed by atoms with Crippen LogP contribution in [0.15, 0.2) is 12.4 Å². The van der Waals surface area contributed by atoms with Crippen molar-refractivity contribution in [2.45, 2.75) is 52.0 Å². The van der Waals surface area contributed by atoms with Gasteiger partial charge in [-0.25, -0.2) is 0 Å². The highest BCUT2D eigenvalue weighted by atomic mass is 16.1. The summed E-state index contributed by atoms with van der Waals surface area (Å²) >= 11 is 0. The smallest absolute Gasteiger partial charge is 0.241 e. The van der Waals surface area contributed by atoms with Crippen molar-refractivity contribution in [1.29, 1.82) is 0 Å². The summed E-state index contributed by atoms with van der Waals surface area (Å²) in [5.74, 6) is -0.0365. The van der Waals surface area contributed by atoms with Gasteiger partial charge < -0.3 is 10.6 Å². The van der Waals surface area contributed by atoms with Crippen molar-refractivity contribution >= 4 is 11.6 Å². The van der Waals surface area contributed by atoms with Crippen molar-refractivity contribution in [3.05, 3.63) is 12.4 Å². The first-order valence-electron chi connectivity index (χ1n) is 7.23. The van der Waals surface area contributed by atoms with Crippen molar-refractivity contribution < 1.29 is 4.79 Å². The van der Waals surface area contributed by atoms with Gasteiger partial charge in [0, 0.05) is 19.8 Å². The van der Waals surface area contributed by atoms with Gasteiger partial charge in [0.25, 0.3) is 0 Å². The van der Waals surface area contributed by atoms with Crippen LogP contribution in [0.5, 0.6) is 0 Å². The summed E-state index contributed by atoms with van der Waals surface area (Å²) in [7, 11) is 1.63. The Morgan fingerprint density at radius 2 is 2.00 bits per heavy atom. The maximum atomic E-state index is 11.2. The van der Waals surface area contributed by atoms with Crippen molar-refractivity contribution in [2.75, 3.05) is 18.9 Å². The number of carbonyl (C=O) groups is 1. The second-order valence-corrected chi connectivity index (χ2v) is 4.79. The van der Waals surface area contributed by atoms with Gasteiger partial charge in [0.15, 0.2) is 0 Å². The number of likely N-dealkylation sites (N-methyl/N-ethyl adjacent to an activating group) is 1. The second kappa shape index (κ2) is 9.42. The zero-order valence-corrected chi connectivity index (χ0v) is 12.1. The molecule has 5 nitrogen and oxygen atoms in total. The molecule has 0 unspecified atom stereocenters. The average Bonchev–Trinajstić information content (AvgIpc) is 2.85. The molecule has 108 valence electrons. The zero-order valence-electron chi connectivity index (χ0n) is 12.1. The van der Waals surface area contributed by atoms with Crippen LogP contribution in [0.4, 0.5) is 5.69 Å². The molecule has 0 aliphatic rings. The van der Waals surface area contributed by atoms with Gasteiger partial charge in [-0.15, -0.1) is 0 Å². The Morgan fingerprint density at radius 1 is 1.26 bits per heavy atom. The summed E-state index contributed by atoms with van der Waals surface area (Å²) in [5, 5.41) is 10.0. The molecule has 0 aliphatic heterocycles. The Bertz CT molecular complexity index is 362. The summed E-state index contributed by atoms with van der Waals surface area (Å²) in [6.45, 7) is 3.48. The molecule has 0 bridgehead atoms. The number of hydrogen-bond acceptors (Lipinski definition) is 3. The number of hydrogen-bond donors (Lipinski definition) is 2. The Labute approximate surface area is 115 Å². The van der Waals surface area contributed by atoms with Gasteiger partial charge in [-0.1, -0.05) is 39.0 Å². The first kappa shape index (κ1) is 15.5. The molecule has 1 aromatic rings. The van der Waals surface area contributed by atoms with E-state index in [2.05, 4.69) is 22.7 Å². The minimum atomic E-state index is -0.0365. The fraction of sp³-hybridized carbons (Fsp3) is 0.714. The molecule has 1 heterocycles. The maximum Gasteiger partial charge on any atom is 0.241 e. The standard InChI is InChI=1S/C14H26N4O/c1-3-4-5-6-7-8-9-16-13-10-17-18(11-13)12-14(19)15-2/h10-11,16H,3-9,12H2,1-2H3,(H,15,19). The van der Waals surface area contributed by atoms with E-state index < -0.39 is 0 Å². The summed E-state index contributed by atoms with van der Waals surface area (Å²) in [6, 6.07) is 0. The molecule has 19 heavy (non-hydrogen) atoms. The van der Waals surface area contributed by atoms with Gasteiger partial charge in [0.1, 0.15) is 6.54 Å². The Balaban J connectivity index is 2.11. The normalized spacial score (nSPS) is 10.4. The number of nitrogens with one attached hydrogen (secondary N) is 2. The molecule has 1 amide bonds. The van der Waals surface area contributed by atoms with E-state index in [1.807, 2.05) is 6.20 Å². The Morgan fingerprint density at radius 3 is 2.74 bits per heavy atom. The van der Waals surface area contributed by atoms with Crippen molar-refractivity contribution in [3.63, 3.8) is 0 Å². The lowest BCUT2D eigenvalue weighted by Crippen LogP contribution is -2.23. The Kier molecular flexibility index (Phi) is 7.70. The number of amides is 1. The second-order valence-electron chi connectivity index (χ2n) is 4.79. The molecule has 1 aromatic heterocycles. The predicted molar refractivity (Wildman–Crippen MR) is 78.2 cm³/mol. The molecule has 0 saturated carbocycles. The van der Waals surface area contributed by atoms with E-state index >= 15 is 0 Å². The lowest BCUT2D eigenvalue weighted by atomic mass is 10.1. The zero-order chi connectivity index (χ0) is 13.9. The number of nitrogens with zero attached hydrogens (tertiary/aromatic N) is 2. The maximum absolute atomic E-state index is 11.2. The van der Waals surface area contributed by atoms with Crippen LogP contribution in [-0.2, 0) is 11.3 Å². The molecule has 1 rings (SSSR count). The average molecular weight is 266 g/mol. The van der Waals surface area contributed by atoms with Crippen LogP contribution < -0.4 is 10.6 Å². The molecular formula is C14H26N4O. The van der Waals surface area contributed by atoms with Gasteiger partial charge in [-0.2, -0.15) is 5.10 Å². The van der Waals surface area contributed by atoms with E-state index in [1.165, 1.54) is 38.5 Å². The number of carbonyl (C=O) groups excluding carboxylic acids is 1. The molecule has 0 fully saturated rings. The topological polar surface area (TPSA) is 59.0 Å². The van der Waals surface area contributed by atoms with Crippen molar-refractivity contribution in [3.8, 4) is 0 Å². The highest BCUT2D eigenvalue weighted by Crippen LogP contribution is 2.07. The highest BCUT2D eigenvalue weighted by molar-refractivity contribution is 5.75. The van der Waals surface area contributed by atoms with E-state index in [0.717, 1.165) is 12.2 Å². The van der Waals surface area contributed by atoms with Crippen LogP contribution in [0.25, 0.3) is 0 Å². The Hall–Kier alpha value is -1.52. The minimum absolute atomic E-state index is 0.0365. The van der Waals surface area contributed by atoms with E-state index in [0.29, 0.717) is 0 Å². The van der Waals surface area contributed by atoms with E-state index in [9.17, 15) is 4.79 Å². The van der Waals surface area contributed by atoms with E-state index in [1.54, 1.807) is 17.9 Å². The summed E-state index contributed by atoms with van der Waals surface area (Å²) in [6.07, 6.45) is 11.4. The third-order valence-corrected chi connectivity index (χ3v) is 3.08. The third-order valence-electron chi connectivity index (χ3n) is 3.08. The van der Waals surface area contributed by atoms with Crippen molar-refractivity contribution in [2.24, 2.45) is 0 Å². The first-order chi connectivity index (χ1) is 9.26. The molecule has 0 aromatic carbocycles. The van der Waals surface area contributed by atoms with Gasteiger partial charge >= 0.3 is 0 Å². The number of anilines is 1. The van der Waals surface area contributed by atoms with Gasteiger partial charge in [-0.05, 0) is 6.42 Å². The van der Waals surface area contributed by atoms with E-state index in [4.69, 9.17) is 0 Å². The lowest BCUT2D eigenvalue weighted by molar-refractivity contribution is -0.121. The first-order valence-corrected chi connectivity index (χ1v) is 7.23. The number of aromatic nitrogens is 2.